The summed E-state index contributed by atoms with van der Waals surface area (Å²) < 4.78 is 5.72. The zero-order valence-corrected chi connectivity index (χ0v) is 18.4. The molecule has 0 radical (unpaired) electrons. The van der Waals surface area contributed by atoms with Gasteiger partial charge in [-0.05, 0) is 31.5 Å². The minimum atomic E-state index is -0.623. The maximum Gasteiger partial charge on any atom is 0.287 e. The van der Waals surface area contributed by atoms with Gasteiger partial charge in [0.15, 0.2) is 17.2 Å². The second-order valence-corrected chi connectivity index (χ2v) is 8.05. The first kappa shape index (κ1) is 21.8. The minimum absolute atomic E-state index is 0.0804. The number of furan rings is 1. The molecule has 0 aliphatic carbocycles. The van der Waals surface area contributed by atoms with E-state index < -0.39 is 17.4 Å². The van der Waals surface area contributed by atoms with Crippen molar-refractivity contribution >= 4 is 40.3 Å². The van der Waals surface area contributed by atoms with E-state index in [4.69, 9.17) is 4.42 Å². The SMILES string of the molecule is CC(=O)Nc1ccccc1C(=O)Nc1n[nH]c2cc(C(=O)NC(C)(C)c3ccccc3)oc12. The summed E-state index contributed by atoms with van der Waals surface area (Å²) in [5.74, 6) is -0.967. The van der Waals surface area contributed by atoms with Gasteiger partial charge in [-0.1, -0.05) is 42.5 Å². The molecule has 0 aliphatic heterocycles. The summed E-state index contributed by atoms with van der Waals surface area (Å²) in [5, 5.41) is 15.1. The third kappa shape index (κ3) is 4.62. The maximum absolute atomic E-state index is 12.8. The summed E-state index contributed by atoms with van der Waals surface area (Å²) >= 11 is 0. The maximum atomic E-state index is 12.8. The average Bonchev–Trinajstić information content (AvgIpc) is 3.36. The van der Waals surface area contributed by atoms with Gasteiger partial charge in [0.1, 0.15) is 5.52 Å². The molecule has 3 amide bonds. The Kier molecular flexibility index (Phi) is 5.70. The highest BCUT2D eigenvalue weighted by atomic mass is 16.3. The van der Waals surface area contributed by atoms with Crippen molar-refractivity contribution in [1.82, 2.24) is 15.5 Å². The van der Waals surface area contributed by atoms with Crippen molar-refractivity contribution in [3.63, 3.8) is 0 Å². The molecule has 2 aromatic heterocycles. The Labute approximate surface area is 189 Å². The van der Waals surface area contributed by atoms with Gasteiger partial charge in [-0.2, -0.15) is 5.10 Å². The minimum Gasteiger partial charge on any atom is -0.445 e. The Morgan fingerprint density at radius 3 is 2.36 bits per heavy atom. The predicted molar refractivity (Wildman–Crippen MR) is 124 cm³/mol. The Morgan fingerprint density at radius 2 is 1.64 bits per heavy atom. The summed E-state index contributed by atoms with van der Waals surface area (Å²) in [7, 11) is 0. The third-order valence-electron chi connectivity index (χ3n) is 5.09. The van der Waals surface area contributed by atoms with Gasteiger partial charge in [0.2, 0.25) is 5.91 Å². The van der Waals surface area contributed by atoms with Crippen molar-refractivity contribution in [2.24, 2.45) is 0 Å². The number of nitrogens with zero attached hydrogens (tertiary/aromatic N) is 1. The lowest BCUT2D eigenvalue weighted by molar-refractivity contribution is -0.114. The molecule has 4 N–H and O–H groups in total. The largest absolute Gasteiger partial charge is 0.445 e. The lowest BCUT2D eigenvalue weighted by Gasteiger charge is -2.26. The van der Waals surface area contributed by atoms with E-state index in [9.17, 15) is 14.4 Å². The summed E-state index contributed by atoms with van der Waals surface area (Å²) in [4.78, 5) is 37.1. The van der Waals surface area contributed by atoms with Crippen LogP contribution in [0.5, 0.6) is 0 Å². The van der Waals surface area contributed by atoms with Crippen LogP contribution in [-0.4, -0.2) is 27.9 Å². The molecule has 0 unspecified atom stereocenters. The molecular weight excluding hydrogens is 422 g/mol. The molecule has 0 bridgehead atoms. The fourth-order valence-corrected chi connectivity index (χ4v) is 3.44. The predicted octanol–water partition coefficient (Wildman–Crippen LogP) is 4.03. The van der Waals surface area contributed by atoms with Gasteiger partial charge >= 0.3 is 0 Å². The van der Waals surface area contributed by atoms with Crippen molar-refractivity contribution in [3.05, 3.63) is 77.6 Å². The van der Waals surface area contributed by atoms with Crippen LogP contribution in [0.4, 0.5) is 11.5 Å². The van der Waals surface area contributed by atoms with Crippen LogP contribution in [0.2, 0.25) is 0 Å². The topological polar surface area (TPSA) is 129 Å². The van der Waals surface area contributed by atoms with Crippen LogP contribution in [-0.2, 0) is 10.3 Å². The van der Waals surface area contributed by atoms with Gasteiger partial charge in [0.25, 0.3) is 11.8 Å². The molecule has 4 aromatic rings. The summed E-state index contributed by atoms with van der Waals surface area (Å²) in [6.07, 6.45) is 0. The zero-order valence-electron chi connectivity index (χ0n) is 18.4. The first-order valence-corrected chi connectivity index (χ1v) is 10.3. The van der Waals surface area contributed by atoms with Crippen LogP contribution >= 0.6 is 0 Å². The molecule has 0 fully saturated rings. The van der Waals surface area contributed by atoms with Crippen LogP contribution in [0.3, 0.4) is 0 Å². The van der Waals surface area contributed by atoms with Crippen molar-refractivity contribution in [2.45, 2.75) is 26.3 Å². The Bertz CT molecular complexity index is 1340. The van der Waals surface area contributed by atoms with Gasteiger partial charge in [-0.25, -0.2) is 0 Å². The smallest absolute Gasteiger partial charge is 0.287 e. The Hall–Kier alpha value is -4.40. The number of carbonyl (C=O) groups is 3. The average molecular weight is 445 g/mol. The first-order chi connectivity index (χ1) is 15.7. The second-order valence-electron chi connectivity index (χ2n) is 8.05. The van der Waals surface area contributed by atoms with Gasteiger partial charge < -0.3 is 20.4 Å². The lowest BCUT2D eigenvalue weighted by atomic mass is 9.94. The van der Waals surface area contributed by atoms with E-state index in [1.165, 1.54) is 13.0 Å². The van der Waals surface area contributed by atoms with Gasteiger partial charge in [0, 0.05) is 13.0 Å². The Balaban J connectivity index is 1.54. The van der Waals surface area contributed by atoms with E-state index in [0.717, 1.165) is 5.56 Å². The molecule has 9 nitrogen and oxygen atoms in total. The number of anilines is 2. The number of para-hydroxylation sites is 1. The quantitative estimate of drug-likeness (QED) is 0.356. The number of nitrogens with one attached hydrogen (secondary N) is 4. The zero-order chi connectivity index (χ0) is 23.6. The monoisotopic (exact) mass is 445 g/mol. The van der Waals surface area contributed by atoms with Crippen molar-refractivity contribution in [2.75, 3.05) is 10.6 Å². The molecule has 0 spiro atoms. The van der Waals surface area contributed by atoms with Crippen LogP contribution < -0.4 is 16.0 Å². The van der Waals surface area contributed by atoms with Crippen LogP contribution in [0.25, 0.3) is 11.1 Å². The molecule has 168 valence electrons. The summed E-state index contributed by atoms with van der Waals surface area (Å²) in [6.45, 7) is 5.16. The number of carbonyl (C=O) groups excluding carboxylic acids is 3. The van der Waals surface area contributed by atoms with E-state index in [1.807, 2.05) is 44.2 Å². The number of benzene rings is 2. The van der Waals surface area contributed by atoms with Crippen LogP contribution in [0, 0.1) is 0 Å². The summed E-state index contributed by atoms with van der Waals surface area (Å²) in [5.41, 5.74) is 1.66. The highest BCUT2D eigenvalue weighted by Crippen LogP contribution is 2.27. The van der Waals surface area contributed by atoms with E-state index >= 15 is 0 Å². The fraction of sp³-hybridized carbons (Fsp3) is 0.167. The number of H-pyrrole nitrogens is 1. The highest BCUT2D eigenvalue weighted by molar-refractivity contribution is 6.11. The summed E-state index contributed by atoms with van der Waals surface area (Å²) in [6, 6.07) is 17.7. The molecule has 9 heteroatoms. The van der Waals surface area contributed by atoms with Crippen molar-refractivity contribution in [3.8, 4) is 0 Å². The van der Waals surface area contributed by atoms with Gasteiger partial charge in [0.05, 0.1) is 16.8 Å². The molecule has 0 saturated carbocycles. The highest BCUT2D eigenvalue weighted by Gasteiger charge is 2.26. The molecule has 0 saturated heterocycles. The van der Waals surface area contributed by atoms with Crippen LogP contribution in [0.1, 0.15) is 47.2 Å². The van der Waals surface area contributed by atoms with Gasteiger partial charge in [-0.15, -0.1) is 0 Å². The van der Waals surface area contributed by atoms with E-state index in [-0.39, 0.29) is 28.6 Å². The fourth-order valence-electron chi connectivity index (χ4n) is 3.44. The van der Waals surface area contributed by atoms with E-state index in [1.54, 1.807) is 24.3 Å². The van der Waals surface area contributed by atoms with Crippen molar-refractivity contribution in [1.29, 1.82) is 0 Å². The van der Waals surface area contributed by atoms with E-state index in [2.05, 4.69) is 26.1 Å². The number of hydrogen-bond donors (Lipinski definition) is 4. The van der Waals surface area contributed by atoms with Gasteiger partial charge in [-0.3, -0.25) is 19.5 Å². The third-order valence-corrected chi connectivity index (χ3v) is 5.09. The lowest BCUT2D eigenvalue weighted by Crippen LogP contribution is -2.40. The molecule has 2 heterocycles. The normalized spacial score (nSPS) is 11.2. The Morgan fingerprint density at radius 1 is 0.939 bits per heavy atom. The van der Waals surface area contributed by atoms with Crippen molar-refractivity contribution < 1.29 is 18.8 Å². The number of aromatic amines is 1. The number of aromatic nitrogens is 2. The molecule has 0 aliphatic rings. The first-order valence-electron chi connectivity index (χ1n) is 10.3. The molecule has 4 rings (SSSR count). The molecule has 2 aromatic carbocycles. The second kappa shape index (κ2) is 8.62. The van der Waals surface area contributed by atoms with Crippen LogP contribution in [0.15, 0.2) is 65.1 Å². The standard InChI is InChI=1S/C24H23N5O4/c1-14(30)25-17-12-8-7-11-16(17)22(31)26-21-20-18(28-29-21)13-19(33-20)23(32)27-24(2,3)15-9-5-4-6-10-15/h4-13H,1-3H3,(H,25,30)(H,27,32)(H2,26,28,29,31). The number of amides is 3. The molecule has 33 heavy (non-hydrogen) atoms. The number of fused-ring (bicyclic) bond motifs is 1. The van der Waals surface area contributed by atoms with E-state index in [0.29, 0.717) is 11.2 Å². The molecular formula is C24H23N5O4. The number of hydrogen-bond acceptors (Lipinski definition) is 5. The molecule has 0 atom stereocenters. The number of rotatable bonds is 6.